The number of aromatic amines is 1. The fourth-order valence-electron chi connectivity index (χ4n) is 3.70. The molecule has 0 aliphatic carbocycles. The normalized spacial score (nSPS) is 14.6. The van der Waals surface area contributed by atoms with E-state index in [9.17, 15) is 5.11 Å². The van der Waals surface area contributed by atoms with E-state index in [-0.39, 0.29) is 13.2 Å². The van der Waals surface area contributed by atoms with Crippen LogP contribution in [-0.2, 0) is 0 Å². The van der Waals surface area contributed by atoms with E-state index in [1.165, 1.54) is 0 Å². The molecule has 1 aliphatic heterocycles. The molecule has 0 radical (unpaired) electrons. The van der Waals surface area contributed by atoms with Crippen LogP contribution in [0.25, 0.3) is 33.1 Å². The van der Waals surface area contributed by atoms with Crippen LogP contribution in [0.2, 0.25) is 0 Å². The Morgan fingerprint density at radius 1 is 1.03 bits per heavy atom. The van der Waals surface area contributed by atoms with Gasteiger partial charge in [0.15, 0.2) is 0 Å². The van der Waals surface area contributed by atoms with Gasteiger partial charge in [-0.25, -0.2) is 4.98 Å². The first kappa shape index (κ1) is 17.8. The molecule has 0 atom stereocenters. The first-order valence-electron chi connectivity index (χ1n) is 9.77. The number of rotatable bonds is 5. The summed E-state index contributed by atoms with van der Waals surface area (Å²) in [7, 11) is 0. The minimum atomic E-state index is -0.0686. The Labute approximate surface area is 167 Å². The molecule has 1 saturated heterocycles. The molecule has 4 heterocycles. The summed E-state index contributed by atoms with van der Waals surface area (Å²) in [5.74, 6) is 1.13. The standard InChI is InChI=1S/C21H22N6O2/c28-11-12-29-20-19-18(25-21(26-20)27-9-7-23-8-10-27)16-2-1-15(13-17(16)24-19)14-3-5-22-6-4-14/h1-6,13,23-24,28H,7-12H2. The highest BCUT2D eigenvalue weighted by atomic mass is 16.5. The van der Waals surface area contributed by atoms with E-state index in [1.54, 1.807) is 12.4 Å². The van der Waals surface area contributed by atoms with Gasteiger partial charge in [-0.15, -0.1) is 0 Å². The lowest BCUT2D eigenvalue weighted by Gasteiger charge is -2.27. The highest BCUT2D eigenvalue weighted by molar-refractivity contribution is 6.07. The molecule has 1 aromatic carbocycles. The second kappa shape index (κ2) is 7.65. The zero-order valence-corrected chi connectivity index (χ0v) is 15.9. The maximum atomic E-state index is 9.22. The summed E-state index contributed by atoms with van der Waals surface area (Å²) in [4.78, 5) is 19.2. The molecule has 1 fully saturated rings. The SMILES string of the molecule is OCCOc1nc(N2CCNCC2)nc2c1[nH]c1cc(-c3ccncc3)ccc12. The maximum absolute atomic E-state index is 9.22. The van der Waals surface area contributed by atoms with Crippen LogP contribution in [-0.4, -0.2) is 64.4 Å². The molecule has 0 unspecified atom stereocenters. The Bertz CT molecular complexity index is 1140. The average molecular weight is 390 g/mol. The van der Waals surface area contributed by atoms with Crippen molar-refractivity contribution in [3.8, 4) is 17.0 Å². The van der Waals surface area contributed by atoms with Crippen molar-refractivity contribution in [3.05, 3.63) is 42.7 Å². The lowest BCUT2D eigenvalue weighted by atomic mass is 10.1. The molecule has 0 bridgehead atoms. The van der Waals surface area contributed by atoms with E-state index in [2.05, 4.69) is 43.4 Å². The molecule has 3 N–H and O–H groups in total. The van der Waals surface area contributed by atoms with Gasteiger partial charge >= 0.3 is 0 Å². The second-order valence-corrected chi connectivity index (χ2v) is 6.98. The third kappa shape index (κ3) is 3.37. The van der Waals surface area contributed by atoms with Crippen molar-refractivity contribution in [2.45, 2.75) is 0 Å². The number of aromatic nitrogens is 4. The molecular weight excluding hydrogens is 368 g/mol. The van der Waals surface area contributed by atoms with Crippen molar-refractivity contribution >= 4 is 27.9 Å². The van der Waals surface area contributed by atoms with Crippen LogP contribution in [0.5, 0.6) is 5.88 Å². The van der Waals surface area contributed by atoms with Crippen molar-refractivity contribution in [2.24, 2.45) is 0 Å². The zero-order chi connectivity index (χ0) is 19.6. The van der Waals surface area contributed by atoms with Crippen LogP contribution in [0, 0.1) is 0 Å². The minimum Gasteiger partial charge on any atom is -0.474 e. The number of piperazine rings is 1. The number of anilines is 1. The van der Waals surface area contributed by atoms with E-state index >= 15 is 0 Å². The number of nitrogens with zero attached hydrogens (tertiary/aromatic N) is 4. The molecule has 0 spiro atoms. The smallest absolute Gasteiger partial charge is 0.243 e. The van der Waals surface area contributed by atoms with Gasteiger partial charge in [-0.05, 0) is 29.3 Å². The van der Waals surface area contributed by atoms with Crippen LogP contribution < -0.4 is 15.0 Å². The molecule has 8 nitrogen and oxygen atoms in total. The summed E-state index contributed by atoms with van der Waals surface area (Å²) in [5, 5.41) is 13.6. The van der Waals surface area contributed by atoms with Gasteiger partial charge in [0.25, 0.3) is 0 Å². The predicted octanol–water partition coefficient (Wildman–Crippen LogP) is 1.95. The van der Waals surface area contributed by atoms with Crippen LogP contribution in [0.4, 0.5) is 5.95 Å². The van der Waals surface area contributed by atoms with Gasteiger partial charge in [-0.1, -0.05) is 12.1 Å². The third-order valence-corrected chi connectivity index (χ3v) is 5.14. The molecule has 4 aromatic rings. The molecule has 5 rings (SSSR count). The van der Waals surface area contributed by atoms with E-state index in [0.29, 0.717) is 11.8 Å². The minimum absolute atomic E-state index is 0.0686. The van der Waals surface area contributed by atoms with Crippen LogP contribution in [0.1, 0.15) is 0 Å². The summed E-state index contributed by atoms with van der Waals surface area (Å²) in [6.45, 7) is 3.61. The quantitative estimate of drug-likeness (QED) is 0.479. The number of benzene rings is 1. The molecular formula is C21H22N6O2. The fourth-order valence-corrected chi connectivity index (χ4v) is 3.70. The number of fused-ring (bicyclic) bond motifs is 3. The Balaban J connectivity index is 1.65. The van der Waals surface area contributed by atoms with Crippen molar-refractivity contribution in [2.75, 3.05) is 44.3 Å². The Kier molecular flexibility index (Phi) is 4.71. The van der Waals surface area contributed by atoms with Gasteiger partial charge in [0.1, 0.15) is 17.6 Å². The fraction of sp³-hybridized carbons (Fsp3) is 0.286. The summed E-state index contributed by atoms with van der Waals surface area (Å²) >= 11 is 0. The largest absolute Gasteiger partial charge is 0.474 e. The van der Waals surface area contributed by atoms with Crippen molar-refractivity contribution in [1.82, 2.24) is 25.3 Å². The van der Waals surface area contributed by atoms with Crippen LogP contribution in [0.15, 0.2) is 42.7 Å². The van der Waals surface area contributed by atoms with Gasteiger partial charge < -0.3 is 25.0 Å². The maximum Gasteiger partial charge on any atom is 0.243 e. The number of pyridine rings is 1. The summed E-state index contributed by atoms with van der Waals surface area (Å²) < 4.78 is 5.76. The van der Waals surface area contributed by atoms with Crippen LogP contribution in [0.3, 0.4) is 0 Å². The summed E-state index contributed by atoms with van der Waals surface area (Å²) in [6.07, 6.45) is 3.58. The van der Waals surface area contributed by atoms with Crippen molar-refractivity contribution in [1.29, 1.82) is 0 Å². The number of hydrogen-bond donors (Lipinski definition) is 3. The summed E-state index contributed by atoms with van der Waals surface area (Å²) in [5.41, 5.74) is 4.75. The molecule has 0 amide bonds. The predicted molar refractivity (Wildman–Crippen MR) is 112 cm³/mol. The number of aliphatic hydroxyl groups is 1. The average Bonchev–Trinajstić information content (AvgIpc) is 3.16. The molecule has 0 saturated carbocycles. The molecule has 29 heavy (non-hydrogen) atoms. The Morgan fingerprint density at radius 2 is 1.86 bits per heavy atom. The molecule has 8 heteroatoms. The van der Waals surface area contributed by atoms with E-state index < -0.39 is 0 Å². The van der Waals surface area contributed by atoms with Gasteiger partial charge in [-0.2, -0.15) is 4.98 Å². The number of hydrogen-bond acceptors (Lipinski definition) is 7. The lowest BCUT2D eigenvalue weighted by Crippen LogP contribution is -2.44. The second-order valence-electron chi connectivity index (χ2n) is 6.98. The van der Waals surface area contributed by atoms with Gasteiger partial charge in [0.2, 0.25) is 11.8 Å². The van der Waals surface area contributed by atoms with E-state index in [1.807, 2.05) is 12.1 Å². The lowest BCUT2D eigenvalue weighted by molar-refractivity contribution is 0.198. The zero-order valence-electron chi connectivity index (χ0n) is 15.9. The first-order chi connectivity index (χ1) is 14.3. The first-order valence-corrected chi connectivity index (χ1v) is 9.77. The number of ether oxygens (including phenoxy) is 1. The van der Waals surface area contributed by atoms with Gasteiger partial charge in [0.05, 0.1) is 6.61 Å². The molecule has 148 valence electrons. The van der Waals surface area contributed by atoms with Crippen molar-refractivity contribution < 1.29 is 9.84 Å². The Hall–Kier alpha value is -3.23. The highest BCUT2D eigenvalue weighted by Crippen LogP contribution is 2.33. The highest BCUT2D eigenvalue weighted by Gasteiger charge is 2.19. The van der Waals surface area contributed by atoms with Crippen molar-refractivity contribution in [3.63, 3.8) is 0 Å². The molecule has 3 aromatic heterocycles. The van der Waals surface area contributed by atoms with Gasteiger partial charge in [0, 0.05) is 49.5 Å². The van der Waals surface area contributed by atoms with E-state index in [0.717, 1.165) is 59.2 Å². The molecule has 1 aliphatic rings. The number of aliphatic hydroxyl groups excluding tert-OH is 1. The Morgan fingerprint density at radius 3 is 2.66 bits per heavy atom. The summed E-state index contributed by atoms with van der Waals surface area (Å²) in [6, 6.07) is 10.2. The topological polar surface area (TPSA) is 99.2 Å². The number of nitrogens with one attached hydrogen (secondary N) is 2. The third-order valence-electron chi connectivity index (χ3n) is 5.14. The van der Waals surface area contributed by atoms with Crippen LogP contribution >= 0.6 is 0 Å². The number of H-pyrrole nitrogens is 1. The van der Waals surface area contributed by atoms with Gasteiger partial charge in [-0.3, -0.25) is 4.98 Å². The monoisotopic (exact) mass is 390 g/mol. The van der Waals surface area contributed by atoms with E-state index in [4.69, 9.17) is 9.72 Å².